The molecule has 0 radical (unpaired) electrons. The van der Waals surface area contributed by atoms with Gasteiger partial charge in [-0.2, -0.15) is 0 Å². The molecule has 0 aliphatic carbocycles. The zero-order valence-corrected chi connectivity index (χ0v) is 46.1. The number of unbranched alkanes of at least 4 members (excludes halogenated alkanes) is 3. The summed E-state index contributed by atoms with van der Waals surface area (Å²) in [5.74, 6) is -1.77. The number of hydrogen-bond acceptors (Lipinski definition) is 10. The fraction of sp³-hybridized carbons (Fsp3) is 0.500. The normalized spacial score (nSPS) is 14.7. The molecule has 0 bridgehead atoms. The third-order valence-corrected chi connectivity index (χ3v) is 11.1. The molecule has 0 heterocycles. The Kier molecular flexibility index (Phi) is 50.3. The molecule has 0 saturated carbocycles. The average Bonchev–Trinajstić information content (AvgIpc) is 3.39. The highest BCUT2D eigenvalue weighted by molar-refractivity contribution is 7.47. The lowest BCUT2D eigenvalue weighted by Gasteiger charge is -2.21. The third-order valence-electron chi connectivity index (χ3n) is 10.2. The molecule has 0 amide bonds. The van der Waals surface area contributed by atoms with E-state index >= 15 is 0 Å². The highest BCUT2D eigenvalue weighted by Crippen LogP contribution is 2.43. The van der Waals surface area contributed by atoms with E-state index in [1.54, 1.807) is 6.08 Å². The van der Waals surface area contributed by atoms with E-state index in [1.165, 1.54) is 0 Å². The fourth-order valence-corrected chi connectivity index (χ4v) is 6.96. The van der Waals surface area contributed by atoms with Gasteiger partial charge in [0.15, 0.2) is 6.10 Å². The summed E-state index contributed by atoms with van der Waals surface area (Å²) in [6, 6.07) is 0. The monoisotopic (exact) mass is 1040 g/mol. The minimum atomic E-state index is -4.81. The van der Waals surface area contributed by atoms with Crippen LogP contribution >= 0.6 is 7.82 Å². The number of aliphatic hydroxyl groups is 1. The molecule has 0 aliphatic heterocycles. The molecule has 0 aromatic carbocycles. The second kappa shape index (κ2) is 54.1. The second-order valence-corrected chi connectivity index (χ2v) is 18.4. The molecular weight excluding hydrogens is 952 g/mol. The fourth-order valence-electron chi connectivity index (χ4n) is 6.17. The SMILES string of the molecule is CC/C=C\C/C=C\C/C=C\C/C=C\C/C=C\CCCCCC(=O)OC(COC(=O)C/C=C\C/C=C\C/C=C\C/C=C\C/C=C\CC)COP(=O)(O)OCC(CO)OC(=O)CC/C=C\C/C=C\C/C=C\C/C=C\CC. The molecule has 3 unspecified atom stereocenters. The van der Waals surface area contributed by atoms with E-state index in [4.69, 9.17) is 23.3 Å². The van der Waals surface area contributed by atoms with Crippen molar-refractivity contribution in [3.8, 4) is 0 Å². The van der Waals surface area contributed by atoms with Crippen LogP contribution in [0.5, 0.6) is 0 Å². The van der Waals surface area contributed by atoms with Crippen molar-refractivity contribution in [2.24, 2.45) is 0 Å². The Morgan fingerprint density at radius 1 is 0.392 bits per heavy atom. The molecule has 2 N–H and O–H groups in total. The van der Waals surface area contributed by atoms with Crippen LogP contribution in [0.3, 0.4) is 0 Å². The Labute approximate surface area is 447 Å². The quantitative estimate of drug-likeness (QED) is 0.0197. The summed E-state index contributed by atoms with van der Waals surface area (Å²) in [5, 5.41) is 9.77. The van der Waals surface area contributed by atoms with E-state index < -0.39 is 64.4 Å². The van der Waals surface area contributed by atoms with Gasteiger partial charge in [-0.15, -0.1) is 0 Å². The lowest BCUT2D eigenvalue weighted by molar-refractivity contribution is -0.161. The van der Waals surface area contributed by atoms with Crippen molar-refractivity contribution in [3.63, 3.8) is 0 Å². The predicted molar refractivity (Wildman–Crippen MR) is 306 cm³/mol. The summed E-state index contributed by atoms with van der Waals surface area (Å²) in [5.41, 5.74) is 0. The first-order valence-corrected chi connectivity index (χ1v) is 28.5. The van der Waals surface area contributed by atoms with Crippen LogP contribution in [-0.4, -0.2) is 66.5 Å². The summed E-state index contributed by atoms with van der Waals surface area (Å²) in [6.07, 6.45) is 72.3. The third kappa shape index (κ3) is 51.7. The molecule has 0 aliphatic rings. The van der Waals surface area contributed by atoms with Gasteiger partial charge in [-0.1, -0.05) is 197 Å². The number of ether oxygens (including phenoxy) is 3. The van der Waals surface area contributed by atoms with Crippen molar-refractivity contribution in [1.29, 1.82) is 0 Å². The van der Waals surface area contributed by atoms with Gasteiger partial charge in [0.1, 0.15) is 12.7 Å². The lowest BCUT2D eigenvalue weighted by atomic mass is 10.1. The van der Waals surface area contributed by atoms with Gasteiger partial charge < -0.3 is 24.2 Å². The van der Waals surface area contributed by atoms with E-state index in [9.17, 15) is 28.9 Å². The summed E-state index contributed by atoms with van der Waals surface area (Å²) in [7, 11) is -4.81. The van der Waals surface area contributed by atoms with Crippen LogP contribution in [0.15, 0.2) is 170 Å². The summed E-state index contributed by atoms with van der Waals surface area (Å²) < 4.78 is 39.2. The van der Waals surface area contributed by atoms with Crippen molar-refractivity contribution in [1.82, 2.24) is 0 Å². The van der Waals surface area contributed by atoms with Gasteiger partial charge in [0.25, 0.3) is 0 Å². The number of phosphoric acid groups is 1. The van der Waals surface area contributed by atoms with Crippen LogP contribution in [0.4, 0.5) is 0 Å². The minimum Gasteiger partial charge on any atom is -0.461 e. The van der Waals surface area contributed by atoms with Crippen LogP contribution < -0.4 is 0 Å². The Bertz CT molecular complexity index is 1890. The number of rotatable bonds is 47. The molecule has 0 spiro atoms. The van der Waals surface area contributed by atoms with Crippen molar-refractivity contribution in [2.45, 2.75) is 174 Å². The van der Waals surface area contributed by atoms with Crippen molar-refractivity contribution in [2.75, 3.05) is 26.4 Å². The highest BCUT2D eigenvalue weighted by Gasteiger charge is 2.28. The van der Waals surface area contributed by atoms with E-state index in [-0.39, 0.29) is 19.3 Å². The summed E-state index contributed by atoms with van der Waals surface area (Å²) in [6.45, 7) is 4.01. The maximum atomic E-state index is 12.9. The Morgan fingerprint density at radius 2 is 0.730 bits per heavy atom. The predicted octanol–water partition coefficient (Wildman–Crippen LogP) is 15.9. The molecule has 74 heavy (non-hydrogen) atoms. The topological polar surface area (TPSA) is 155 Å². The Balaban J connectivity index is 5.00. The Morgan fingerprint density at radius 3 is 1.14 bits per heavy atom. The number of carbonyl (C=O) groups is 3. The van der Waals surface area contributed by atoms with E-state index in [0.29, 0.717) is 19.3 Å². The van der Waals surface area contributed by atoms with Gasteiger partial charge in [-0.05, 0) is 116 Å². The van der Waals surface area contributed by atoms with Gasteiger partial charge >= 0.3 is 25.7 Å². The molecule has 0 saturated heterocycles. The first-order chi connectivity index (χ1) is 36.2. The number of carbonyl (C=O) groups excluding carboxylic acids is 3. The first kappa shape index (κ1) is 68.8. The summed E-state index contributed by atoms with van der Waals surface area (Å²) >= 11 is 0. The molecule has 412 valence electrons. The van der Waals surface area contributed by atoms with Gasteiger partial charge in [0.05, 0.1) is 26.2 Å². The van der Waals surface area contributed by atoms with Gasteiger partial charge in [0.2, 0.25) is 0 Å². The van der Waals surface area contributed by atoms with E-state index in [0.717, 1.165) is 103 Å². The van der Waals surface area contributed by atoms with Crippen molar-refractivity contribution < 1.29 is 52.2 Å². The standard InChI is InChI=1S/C62H93O11P/c1-4-7-10-13-16-19-22-25-27-28-29-30-32-35-38-41-44-47-50-53-62(66)73-59(55-69-60(64)51-48-45-42-39-36-34-31-26-23-20-17-14-11-8-5-2)57-71-74(67,68)70-56-58(54-63)72-61(65)52-49-46-43-40-37-33-24-21-18-15-12-9-6-3/h7-12,16-21,25-27,29-31,33,35-39,43,45-46,48,58-59,63H,4-6,13-15,22-24,28,32,34,40-42,44,47,49-57H2,1-3H3,(H,67,68)/b10-7-,11-8-,12-9-,19-16-,20-17-,21-18-,27-25-,30-29-,31-26-,37-33-,38-35-,39-36-,46-43-,48-45-. The van der Waals surface area contributed by atoms with Crippen molar-refractivity contribution >= 4 is 25.7 Å². The molecule has 11 nitrogen and oxygen atoms in total. The Hall–Kier alpha value is -5.16. The molecule has 0 rings (SSSR count). The highest BCUT2D eigenvalue weighted by atomic mass is 31.2. The minimum absolute atomic E-state index is 0.0285. The van der Waals surface area contributed by atoms with Crippen LogP contribution in [-0.2, 0) is 42.2 Å². The van der Waals surface area contributed by atoms with E-state index in [1.807, 2.05) is 36.5 Å². The molecule has 12 heteroatoms. The zero-order valence-electron chi connectivity index (χ0n) is 45.2. The summed E-state index contributed by atoms with van der Waals surface area (Å²) in [4.78, 5) is 48.3. The first-order valence-electron chi connectivity index (χ1n) is 27.0. The second-order valence-electron chi connectivity index (χ2n) is 16.9. The van der Waals surface area contributed by atoms with Crippen molar-refractivity contribution in [3.05, 3.63) is 170 Å². The number of aliphatic hydroxyl groups excluding tert-OH is 1. The molecule has 0 aromatic heterocycles. The molecule has 0 fully saturated rings. The zero-order chi connectivity index (χ0) is 54.1. The van der Waals surface area contributed by atoms with Crippen LogP contribution in [0.1, 0.15) is 162 Å². The van der Waals surface area contributed by atoms with Gasteiger partial charge in [-0.25, -0.2) is 4.57 Å². The largest absolute Gasteiger partial charge is 0.472 e. The van der Waals surface area contributed by atoms with E-state index in [2.05, 4.69) is 148 Å². The lowest BCUT2D eigenvalue weighted by Crippen LogP contribution is -2.30. The van der Waals surface area contributed by atoms with Gasteiger partial charge in [0, 0.05) is 12.8 Å². The number of allylic oxidation sites excluding steroid dienone is 27. The smallest absolute Gasteiger partial charge is 0.461 e. The molecular formula is C62H93O11P. The maximum Gasteiger partial charge on any atom is 0.472 e. The van der Waals surface area contributed by atoms with Crippen LogP contribution in [0.25, 0.3) is 0 Å². The molecule has 3 atom stereocenters. The number of phosphoric ester groups is 1. The average molecular weight is 1050 g/mol. The maximum absolute atomic E-state index is 12.9. The number of esters is 3. The van der Waals surface area contributed by atoms with Crippen LogP contribution in [0.2, 0.25) is 0 Å². The van der Waals surface area contributed by atoms with Crippen LogP contribution in [0, 0.1) is 0 Å². The van der Waals surface area contributed by atoms with Gasteiger partial charge in [-0.3, -0.25) is 23.4 Å². The molecule has 0 aromatic rings. The number of hydrogen-bond donors (Lipinski definition) is 2.